The number of aliphatic hydroxyl groups is 17. The molecule has 12 bridgehead atoms. The maximum atomic E-state index is 13.6. The zero-order valence-electron chi connectivity index (χ0n) is 59.7. The molecule has 22 saturated heterocycles. The Balaban J connectivity index is 0.774. The number of rotatable bonds is 28. The van der Waals surface area contributed by atoms with E-state index in [0.29, 0.717) is 81.5 Å². The standard InChI is InChI=1S/C65H97N9O38/c75-22-33-53-42(83)48(89)60(103-33)110-55-35(24-77)105-62(50(91)44(55)85)112-57-37(26-79)106-63(51(92)45(57)86)111-56-36(25-78)104-61(49(90)43(56)84)109-54-34(23-76)102-59(47(88)41(54)82)107-52-32(101-58(108-53)46(87)40(52)81)21-70-38(80)14-11-27-9-12-28(13-10-27)71-65(94)69-18-8-4-3-7-17-68-64(93)67-16-6-2-1-5-15-66-39-30(73(97)98)19-29(72(95)96)20-31(39)74(99)100/h9-14,19-20,32-37,40-63,66,75-79,81-92H,1-8,15-18,21-26H2,(H,70,80)(H2,67,68,93)(H2,69,71,94)/b14-11+/t32-,33-,34-,35-,36-,37-,40-,41-,42-,43-,44-,45-,46-,47-,48-,49-,50-,51-,52-,53-,54-,55-,56-,57-,58-,59-,60-,61-,62-,63-/m1/s1. The zero-order chi connectivity index (χ0) is 81.4. The highest BCUT2D eigenvalue weighted by atomic mass is 16.8. The number of urea groups is 2. The van der Waals surface area contributed by atoms with Gasteiger partial charge in [-0.2, -0.15) is 0 Å². The fourth-order valence-electron chi connectivity index (χ4n) is 13.5. The second-order valence-corrected chi connectivity index (χ2v) is 27.3. The molecule has 0 radical (unpaired) electrons. The van der Waals surface area contributed by atoms with Crippen LogP contribution in [0.15, 0.2) is 42.5 Å². The molecule has 0 saturated carbocycles. The molecule has 2 aromatic carbocycles. The summed E-state index contributed by atoms with van der Waals surface area (Å²) in [5, 5.41) is 241. The first-order valence-electron chi connectivity index (χ1n) is 36.1. The molecular formula is C65H97N9O38. The smallest absolute Gasteiger partial charge is 0.319 e. The van der Waals surface area contributed by atoms with Crippen molar-refractivity contribution in [2.24, 2.45) is 0 Å². The minimum atomic E-state index is -2.27. The predicted octanol–water partition coefficient (Wildman–Crippen LogP) is -7.84. The summed E-state index contributed by atoms with van der Waals surface area (Å²) in [5.41, 5.74) is -1.99. The summed E-state index contributed by atoms with van der Waals surface area (Å²) in [5.74, 6) is -0.839. The number of benzene rings is 2. The number of nitro groups is 3. The normalized spacial score (nSPS) is 37.1. The minimum Gasteiger partial charge on any atom is -0.394 e. The van der Waals surface area contributed by atoms with Gasteiger partial charge in [0.05, 0.1) is 59.9 Å². The van der Waals surface area contributed by atoms with Gasteiger partial charge in [0.15, 0.2) is 43.4 Å². The molecule has 47 nitrogen and oxygen atoms in total. The number of hydrogen-bond donors (Lipinski definition) is 23. The van der Waals surface area contributed by atoms with E-state index in [1.54, 1.807) is 12.1 Å². The molecule has 5 amide bonds. The Morgan fingerprint density at radius 2 is 0.661 bits per heavy atom. The van der Waals surface area contributed by atoms with Gasteiger partial charge in [0.1, 0.15) is 146 Å². The summed E-state index contributed by atoms with van der Waals surface area (Å²) in [7, 11) is 0. The average molecular weight is 1610 g/mol. The quantitative estimate of drug-likeness (QED) is 0.0163. The summed E-state index contributed by atoms with van der Waals surface area (Å²) >= 11 is 0. The van der Waals surface area contributed by atoms with Gasteiger partial charge >= 0.3 is 23.4 Å². The number of amides is 5. The topological polar surface area (TPSA) is 707 Å². The van der Waals surface area contributed by atoms with Crippen LogP contribution in [0.25, 0.3) is 6.08 Å². The van der Waals surface area contributed by atoms with Crippen LogP contribution in [-0.2, 0) is 61.6 Å². The number of nitrogens with one attached hydrogen (secondary N) is 6. The molecule has 22 aliphatic rings. The van der Waals surface area contributed by atoms with Gasteiger partial charge in [0, 0.05) is 44.5 Å². The minimum absolute atomic E-state index is 0.116. The first-order valence-corrected chi connectivity index (χ1v) is 36.1. The van der Waals surface area contributed by atoms with Gasteiger partial charge in [-0.3, -0.25) is 35.1 Å². The lowest BCUT2D eigenvalue weighted by Gasteiger charge is -2.50. The van der Waals surface area contributed by atoms with Gasteiger partial charge in [-0.15, -0.1) is 0 Å². The summed E-state index contributed by atoms with van der Waals surface area (Å²) in [6.45, 7) is -4.82. The van der Waals surface area contributed by atoms with E-state index < -0.39 is 273 Å². The van der Waals surface area contributed by atoms with Crippen LogP contribution in [0.2, 0.25) is 0 Å². The van der Waals surface area contributed by atoms with Crippen molar-refractivity contribution in [3.63, 3.8) is 0 Å². The fraction of sp³-hybridized carbons (Fsp3) is 0.738. The van der Waals surface area contributed by atoms with E-state index in [2.05, 4.69) is 31.9 Å². The lowest BCUT2D eigenvalue weighted by molar-refractivity contribution is -0.403. The highest BCUT2D eigenvalue weighted by Gasteiger charge is 2.59. The van der Waals surface area contributed by atoms with Crippen LogP contribution in [0.5, 0.6) is 0 Å². The summed E-state index contributed by atoms with van der Waals surface area (Å²) in [6, 6.07) is 6.60. The van der Waals surface area contributed by atoms with Crippen LogP contribution in [0.1, 0.15) is 56.9 Å². The third-order valence-corrected chi connectivity index (χ3v) is 19.6. The Hall–Kier alpha value is -6.97. The largest absolute Gasteiger partial charge is 0.394 e. The average Bonchev–Trinajstić information content (AvgIpc) is 0.735. The monoisotopic (exact) mass is 1610 g/mol. The number of non-ortho nitro benzene ring substituents is 1. The van der Waals surface area contributed by atoms with Crippen LogP contribution < -0.4 is 31.9 Å². The number of hydrogen-bond acceptors (Lipinski definition) is 39. The molecule has 2 aromatic rings. The Morgan fingerprint density at radius 3 is 0.964 bits per heavy atom. The molecule has 0 aromatic heterocycles. The highest BCUT2D eigenvalue weighted by Crippen LogP contribution is 2.41. The van der Waals surface area contributed by atoms with Crippen LogP contribution in [0.4, 0.5) is 38.0 Å². The molecule has 23 N–H and O–H groups in total. The lowest BCUT2D eigenvalue weighted by atomic mass is 9.94. The number of aliphatic hydroxyl groups excluding tert-OH is 17. The third-order valence-electron chi connectivity index (χ3n) is 19.6. The third kappa shape index (κ3) is 22.0. The molecule has 22 fully saturated rings. The molecule has 22 aliphatic heterocycles. The molecule has 47 heteroatoms. The first-order chi connectivity index (χ1) is 53.5. The number of ether oxygens (including phenoxy) is 12. The van der Waals surface area contributed by atoms with Crippen molar-refractivity contribution < 1.29 is 173 Å². The summed E-state index contributed by atoms with van der Waals surface area (Å²) in [6.07, 6.45) is -53.6. The molecule has 112 heavy (non-hydrogen) atoms. The maximum absolute atomic E-state index is 13.6. The Kier molecular flexibility index (Phi) is 33.0. The molecule has 24 rings (SSSR count). The number of nitro benzene ring substituents is 3. The number of carbonyl (C=O) groups is 3. The van der Waals surface area contributed by atoms with Crippen LogP contribution >= 0.6 is 0 Å². The Labute approximate surface area is 635 Å². The molecule has 22 heterocycles. The Bertz CT molecular complexity index is 3370. The van der Waals surface area contributed by atoms with Crippen LogP contribution in [0, 0.1) is 30.3 Å². The molecular weight excluding hydrogens is 1510 g/mol. The van der Waals surface area contributed by atoms with Gasteiger partial charge in [0.2, 0.25) is 5.91 Å². The lowest BCUT2D eigenvalue weighted by Crippen LogP contribution is -2.69. The number of nitrogens with zero attached hydrogens (tertiary/aromatic N) is 3. The van der Waals surface area contributed by atoms with Crippen molar-refractivity contribution in [1.82, 2.24) is 21.3 Å². The van der Waals surface area contributed by atoms with Crippen molar-refractivity contribution in [3.05, 3.63) is 78.4 Å². The van der Waals surface area contributed by atoms with Crippen molar-refractivity contribution in [2.45, 2.75) is 236 Å². The van der Waals surface area contributed by atoms with E-state index in [9.17, 15) is 132 Å². The van der Waals surface area contributed by atoms with E-state index in [4.69, 9.17) is 56.8 Å². The second-order valence-electron chi connectivity index (χ2n) is 27.3. The number of carbonyl (C=O) groups excluding carboxylic acids is 3. The van der Waals surface area contributed by atoms with Gasteiger partial charge < -0.3 is 176 Å². The number of unbranched alkanes of at least 4 members (excludes halogenated alkanes) is 6. The van der Waals surface area contributed by atoms with Crippen molar-refractivity contribution in [3.8, 4) is 0 Å². The second kappa shape index (κ2) is 41.5. The van der Waals surface area contributed by atoms with Gasteiger partial charge in [0.25, 0.3) is 5.69 Å². The molecule has 630 valence electrons. The van der Waals surface area contributed by atoms with Crippen LogP contribution in [0.3, 0.4) is 0 Å². The SMILES string of the molecule is O=C(/C=C/c1ccc(NC(=O)NCCCCCCNC(=O)NCCCCCCNc2c([N+](=O)[O-])cc([N+](=O)[O-])cc2[N+](=O)[O-])cc1)NC[C@H]1O[C@@H]2O[C@H]3[C@H](O)[C@@H](O)[C@@H](O[C@H]4[C@H](O)[C@@H](O)[C@@H](O[C@H]5[C@H](O)[C@@H](O)[C@@H](O[C@H]6[C@H](O)[C@@H](O)[C@@H](O[C@H]7[C@H](O)[C@@H](O)[C@@H](O[C@H]1[C@H](O)[C@H]2O)O[C@@H]7CO)O[C@@H]6CO)O[C@@H]5CO)O[C@@H]4CO)O[C@@H]3CO. The summed E-state index contributed by atoms with van der Waals surface area (Å²) in [4.78, 5) is 69.9. The van der Waals surface area contributed by atoms with E-state index in [-0.39, 0.29) is 12.6 Å². The van der Waals surface area contributed by atoms with E-state index in [1.165, 1.54) is 18.2 Å². The fourth-order valence-corrected chi connectivity index (χ4v) is 13.5. The predicted molar refractivity (Wildman–Crippen MR) is 367 cm³/mol. The highest BCUT2D eigenvalue weighted by molar-refractivity contribution is 5.92. The van der Waals surface area contributed by atoms with Gasteiger partial charge in [-0.05, 0) is 49.5 Å². The molecule has 30 atom stereocenters. The van der Waals surface area contributed by atoms with E-state index in [1.807, 2.05) is 0 Å². The van der Waals surface area contributed by atoms with Crippen molar-refractivity contribution in [1.29, 1.82) is 0 Å². The maximum Gasteiger partial charge on any atom is 0.319 e. The van der Waals surface area contributed by atoms with E-state index in [0.717, 1.165) is 18.9 Å². The zero-order valence-corrected chi connectivity index (χ0v) is 59.7. The first kappa shape index (κ1) is 89.0. The van der Waals surface area contributed by atoms with E-state index >= 15 is 0 Å². The molecule has 0 unspecified atom stereocenters. The molecule has 0 spiro atoms. The van der Waals surface area contributed by atoms with Gasteiger partial charge in [-0.25, -0.2) is 9.59 Å². The van der Waals surface area contributed by atoms with Crippen molar-refractivity contribution >= 4 is 52.5 Å². The molecule has 0 aliphatic carbocycles. The van der Waals surface area contributed by atoms with Crippen molar-refractivity contribution in [2.75, 3.05) is 76.4 Å². The van der Waals surface area contributed by atoms with Gasteiger partial charge in [-0.1, -0.05) is 37.8 Å². The summed E-state index contributed by atoms with van der Waals surface area (Å²) < 4.78 is 69.8. The number of anilines is 2. The Morgan fingerprint density at radius 1 is 0.366 bits per heavy atom. The van der Waals surface area contributed by atoms with Crippen LogP contribution in [-0.4, -0.2) is 370 Å².